The summed E-state index contributed by atoms with van der Waals surface area (Å²) in [5, 5.41) is 8.67. The van der Waals surface area contributed by atoms with Gasteiger partial charge in [0.2, 0.25) is 0 Å². The van der Waals surface area contributed by atoms with Crippen LogP contribution in [0.1, 0.15) is 37.2 Å². The zero-order valence-electron chi connectivity index (χ0n) is 16.0. The fraction of sp³-hybridized carbons (Fsp3) is 0.381. The molecule has 3 heterocycles. The second kappa shape index (κ2) is 7.12. The average molecular weight is 363 g/mol. The zero-order chi connectivity index (χ0) is 19.0. The molecular formula is C21H25N5O. The Balaban J connectivity index is 1.89. The minimum absolute atomic E-state index is 0.0527. The fourth-order valence-electron chi connectivity index (χ4n) is 3.63. The lowest BCUT2D eigenvalue weighted by molar-refractivity contribution is 0.0658. The van der Waals surface area contributed by atoms with Crippen molar-refractivity contribution in [1.82, 2.24) is 25.0 Å². The van der Waals surface area contributed by atoms with E-state index in [-0.39, 0.29) is 18.0 Å². The third kappa shape index (κ3) is 3.21. The highest BCUT2D eigenvalue weighted by atomic mass is 16.2. The average Bonchev–Trinajstić information content (AvgIpc) is 3.12. The lowest BCUT2D eigenvalue weighted by Gasteiger charge is -2.34. The molecule has 140 valence electrons. The molecule has 2 aromatic heterocycles. The Labute approximate surface area is 159 Å². The van der Waals surface area contributed by atoms with Crippen LogP contribution in [0.25, 0.3) is 22.3 Å². The molecule has 0 unspecified atom stereocenters. The van der Waals surface area contributed by atoms with E-state index in [1.54, 1.807) is 6.20 Å². The standard InChI is InChI=1S/C21H25N5O/c1-14(2)26-20-18(13-23-26)17(21(27)25-10-9-22-12-15(25)3)11-19(24-20)16-7-5-4-6-8-16/h4-8,11,13-15,22H,9-10,12H2,1-3H3/t15-/m0/s1. The van der Waals surface area contributed by atoms with Gasteiger partial charge in [-0.15, -0.1) is 0 Å². The second-order valence-corrected chi connectivity index (χ2v) is 7.39. The quantitative estimate of drug-likeness (QED) is 0.777. The third-order valence-corrected chi connectivity index (χ3v) is 5.12. The van der Waals surface area contributed by atoms with Crippen LogP contribution in [0.2, 0.25) is 0 Å². The maximum absolute atomic E-state index is 13.4. The maximum Gasteiger partial charge on any atom is 0.255 e. The summed E-state index contributed by atoms with van der Waals surface area (Å²) in [4.78, 5) is 20.2. The molecule has 1 aliphatic heterocycles. The third-order valence-electron chi connectivity index (χ3n) is 5.12. The molecule has 0 saturated carbocycles. The SMILES string of the molecule is CC(C)n1ncc2c(C(=O)N3CCNC[C@@H]3C)cc(-c3ccccc3)nc21. The van der Waals surface area contributed by atoms with Crippen molar-refractivity contribution in [3.63, 3.8) is 0 Å². The molecule has 1 atom stereocenters. The minimum atomic E-state index is 0.0527. The topological polar surface area (TPSA) is 63.1 Å². The smallest absolute Gasteiger partial charge is 0.255 e. The Bertz CT molecular complexity index is 963. The molecule has 1 N–H and O–H groups in total. The molecular weight excluding hydrogens is 338 g/mol. The van der Waals surface area contributed by atoms with E-state index in [2.05, 4.69) is 31.2 Å². The van der Waals surface area contributed by atoms with Gasteiger partial charge in [0.1, 0.15) is 0 Å². The van der Waals surface area contributed by atoms with Gasteiger partial charge in [-0.25, -0.2) is 9.67 Å². The molecule has 1 amide bonds. The van der Waals surface area contributed by atoms with E-state index >= 15 is 0 Å². The van der Waals surface area contributed by atoms with E-state index in [4.69, 9.17) is 4.98 Å². The first-order valence-corrected chi connectivity index (χ1v) is 9.51. The largest absolute Gasteiger partial charge is 0.333 e. The number of fused-ring (bicyclic) bond motifs is 1. The first-order chi connectivity index (χ1) is 13.1. The van der Waals surface area contributed by atoms with Crippen molar-refractivity contribution in [3.05, 3.63) is 48.2 Å². The van der Waals surface area contributed by atoms with E-state index in [0.717, 1.165) is 35.4 Å². The van der Waals surface area contributed by atoms with Gasteiger partial charge in [-0.1, -0.05) is 30.3 Å². The molecule has 6 heteroatoms. The molecule has 1 aromatic carbocycles. The Hall–Kier alpha value is -2.73. The van der Waals surface area contributed by atoms with Crippen LogP contribution in [0.15, 0.2) is 42.6 Å². The number of pyridine rings is 1. The molecule has 3 aromatic rings. The van der Waals surface area contributed by atoms with Crippen molar-refractivity contribution in [2.45, 2.75) is 32.9 Å². The van der Waals surface area contributed by atoms with Gasteiger partial charge in [0.15, 0.2) is 5.65 Å². The van der Waals surface area contributed by atoms with Crippen LogP contribution in [0, 0.1) is 0 Å². The first-order valence-electron chi connectivity index (χ1n) is 9.51. The van der Waals surface area contributed by atoms with Crippen LogP contribution in [0.4, 0.5) is 0 Å². The fourth-order valence-corrected chi connectivity index (χ4v) is 3.63. The summed E-state index contributed by atoms with van der Waals surface area (Å²) in [6, 6.07) is 12.2. The molecule has 0 bridgehead atoms. The molecule has 0 aliphatic carbocycles. The van der Waals surface area contributed by atoms with Crippen LogP contribution < -0.4 is 5.32 Å². The van der Waals surface area contributed by atoms with Gasteiger partial charge in [-0.05, 0) is 26.8 Å². The molecule has 1 aliphatic rings. The van der Waals surface area contributed by atoms with Crippen molar-refractivity contribution in [2.75, 3.05) is 19.6 Å². The summed E-state index contributed by atoms with van der Waals surface area (Å²) in [6.07, 6.45) is 1.78. The number of carbonyl (C=O) groups excluding carboxylic acids is 1. The summed E-state index contributed by atoms with van der Waals surface area (Å²) in [5.41, 5.74) is 3.24. The van der Waals surface area contributed by atoms with Crippen molar-refractivity contribution in [1.29, 1.82) is 0 Å². The normalized spacial score (nSPS) is 17.6. The van der Waals surface area contributed by atoms with Gasteiger partial charge in [0.25, 0.3) is 5.91 Å². The van der Waals surface area contributed by atoms with Crippen molar-refractivity contribution in [3.8, 4) is 11.3 Å². The van der Waals surface area contributed by atoms with Gasteiger partial charge in [0.05, 0.1) is 22.8 Å². The highest BCUT2D eigenvalue weighted by Crippen LogP contribution is 2.27. The predicted molar refractivity (Wildman–Crippen MR) is 107 cm³/mol. The van der Waals surface area contributed by atoms with Crippen LogP contribution in [0.3, 0.4) is 0 Å². The molecule has 0 radical (unpaired) electrons. The Morgan fingerprint density at radius 3 is 2.74 bits per heavy atom. The lowest BCUT2D eigenvalue weighted by atomic mass is 10.0. The number of rotatable bonds is 3. The Morgan fingerprint density at radius 2 is 2.04 bits per heavy atom. The number of benzene rings is 1. The summed E-state index contributed by atoms with van der Waals surface area (Å²) in [7, 11) is 0. The number of amides is 1. The van der Waals surface area contributed by atoms with Gasteiger partial charge in [-0.2, -0.15) is 5.10 Å². The van der Waals surface area contributed by atoms with Gasteiger partial charge in [-0.3, -0.25) is 4.79 Å². The lowest BCUT2D eigenvalue weighted by Crippen LogP contribution is -2.52. The van der Waals surface area contributed by atoms with E-state index in [9.17, 15) is 4.79 Å². The van der Waals surface area contributed by atoms with E-state index in [1.165, 1.54) is 0 Å². The van der Waals surface area contributed by atoms with Gasteiger partial charge < -0.3 is 10.2 Å². The highest BCUT2D eigenvalue weighted by Gasteiger charge is 2.27. The van der Waals surface area contributed by atoms with Crippen LogP contribution in [0.5, 0.6) is 0 Å². The van der Waals surface area contributed by atoms with Crippen molar-refractivity contribution in [2.24, 2.45) is 0 Å². The van der Waals surface area contributed by atoms with E-state index in [0.29, 0.717) is 12.1 Å². The molecule has 6 nitrogen and oxygen atoms in total. The highest BCUT2D eigenvalue weighted by molar-refractivity contribution is 6.06. The minimum Gasteiger partial charge on any atom is -0.333 e. The summed E-state index contributed by atoms with van der Waals surface area (Å²) < 4.78 is 1.89. The molecule has 1 fully saturated rings. The molecule has 0 spiro atoms. The Morgan fingerprint density at radius 1 is 1.26 bits per heavy atom. The number of carbonyl (C=O) groups is 1. The summed E-state index contributed by atoms with van der Waals surface area (Å²) >= 11 is 0. The van der Waals surface area contributed by atoms with Crippen LogP contribution >= 0.6 is 0 Å². The summed E-state index contributed by atoms with van der Waals surface area (Å²) in [6.45, 7) is 8.57. The zero-order valence-corrected chi connectivity index (χ0v) is 16.0. The van der Waals surface area contributed by atoms with Crippen molar-refractivity contribution >= 4 is 16.9 Å². The second-order valence-electron chi connectivity index (χ2n) is 7.39. The van der Waals surface area contributed by atoms with Crippen molar-refractivity contribution < 1.29 is 4.79 Å². The van der Waals surface area contributed by atoms with E-state index < -0.39 is 0 Å². The summed E-state index contributed by atoms with van der Waals surface area (Å²) in [5.74, 6) is 0.0527. The predicted octanol–water partition coefficient (Wildman–Crippen LogP) is 3.11. The van der Waals surface area contributed by atoms with Crippen LogP contribution in [-0.4, -0.2) is 51.2 Å². The number of aromatic nitrogens is 3. The number of nitrogens with zero attached hydrogens (tertiary/aromatic N) is 4. The molecule has 4 rings (SSSR count). The molecule has 1 saturated heterocycles. The number of piperazine rings is 1. The number of nitrogens with one attached hydrogen (secondary N) is 1. The monoisotopic (exact) mass is 363 g/mol. The Kier molecular flexibility index (Phi) is 4.66. The van der Waals surface area contributed by atoms with Gasteiger partial charge in [0, 0.05) is 37.3 Å². The van der Waals surface area contributed by atoms with Gasteiger partial charge >= 0.3 is 0 Å². The number of hydrogen-bond acceptors (Lipinski definition) is 4. The first kappa shape index (κ1) is 17.7. The maximum atomic E-state index is 13.4. The number of hydrogen-bond donors (Lipinski definition) is 1. The van der Waals surface area contributed by atoms with Crippen LogP contribution in [-0.2, 0) is 0 Å². The van der Waals surface area contributed by atoms with E-state index in [1.807, 2.05) is 46.0 Å². The molecule has 27 heavy (non-hydrogen) atoms.